The third kappa shape index (κ3) is 4.24. The van der Waals surface area contributed by atoms with Crippen molar-refractivity contribution >= 4 is 21.7 Å². The summed E-state index contributed by atoms with van der Waals surface area (Å²) in [6, 6.07) is 0. The lowest BCUT2D eigenvalue weighted by Crippen LogP contribution is -2.14. The van der Waals surface area contributed by atoms with Crippen molar-refractivity contribution < 1.29 is 4.74 Å². The number of nitrogens with zero attached hydrogens (tertiary/aromatic N) is 2. The van der Waals surface area contributed by atoms with Crippen LogP contribution < -0.4 is 5.73 Å². The first kappa shape index (κ1) is 14.4. The zero-order valence-corrected chi connectivity index (χ0v) is 12.4. The summed E-state index contributed by atoms with van der Waals surface area (Å²) >= 11 is 3.44. The lowest BCUT2D eigenvalue weighted by atomic mass is 10.1. The smallest absolute Gasteiger partial charge is 0.141 e. The molecule has 0 aromatic carbocycles. The van der Waals surface area contributed by atoms with E-state index in [0.717, 1.165) is 22.4 Å². The van der Waals surface area contributed by atoms with Crippen molar-refractivity contribution in [2.75, 3.05) is 12.8 Å². The predicted molar refractivity (Wildman–Crippen MR) is 72.9 cm³/mol. The highest BCUT2D eigenvalue weighted by atomic mass is 79.9. The maximum absolute atomic E-state index is 5.88. The van der Waals surface area contributed by atoms with Gasteiger partial charge >= 0.3 is 0 Å². The van der Waals surface area contributed by atoms with Crippen molar-refractivity contribution in [3.63, 3.8) is 0 Å². The number of anilines is 1. The van der Waals surface area contributed by atoms with Crippen LogP contribution in [0.15, 0.2) is 4.47 Å². The predicted octanol–water partition coefficient (Wildman–Crippen LogP) is 2.60. The van der Waals surface area contributed by atoms with E-state index in [0.29, 0.717) is 18.2 Å². The minimum atomic E-state index is 0.0995. The minimum Gasteiger partial charge on any atom is -0.383 e. The number of ether oxygens (including phenoxy) is 1. The SMILES string of the molecule is COC(C)Cc1nc(N)c(Br)c(CC(C)C)n1. The second-order valence-corrected chi connectivity index (χ2v) is 5.43. The Morgan fingerprint density at radius 1 is 1.24 bits per heavy atom. The number of rotatable bonds is 5. The minimum absolute atomic E-state index is 0.0995. The fraction of sp³-hybridized carbons (Fsp3) is 0.667. The molecule has 96 valence electrons. The molecule has 1 heterocycles. The summed E-state index contributed by atoms with van der Waals surface area (Å²) in [5, 5.41) is 0. The molecule has 1 rings (SSSR count). The van der Waals surface area contributed by atoms with E-state index in [4.69, 9.17) is 10.5 Å². The third-order valence-electron chi connectivity index (χ3n) is 2.47. The molecule has 0 aliphatic carbocycles. The molecule has 5 heteroatoms. The maximum Gasteiger partial charge on any atom is 0.141 e. The van der Waals surface area contributed by atoms with Crippen LogP contribution in [0.2, 0.25) is 0 Å². The average Bonchev–Trinajstić information content (AvgIpc) is 2.24. The van der Waals surface area contributed by atoms with Crippen LogP contribution in [0.4, 0.5) is 5.82 Å². The van der Waals surface area contributed by atoms with E-state index in [1.54, 1.807) is 7.11 Å². The molecule has 1 atom stereocenters. The quantitative estimate of drug-likeness (QED) is 0.908. The Morgan fingerprint density at radius 2 is 1.88 bits per heavy atom. The molecule has 0 fully saturated rings. The first-order valence-electron chi connectivity index (χ1n) is 5.77. The van der Waals surface area contributed by atoms with Gasteiger partial charge in [-0.25, -0.2) is 9.97 Å². The fourth-order valence-electron chi connectivity index (χ4n) is 1.52. The molecule has 0 spiro atoms. The molecule has 0 radical (unpaired) electrons. The van der Waals surface area contributed by atoms with Gasteiger partial charge in [0.15, 0.2) is 0 Å². The van der Waals surface area contributed by atoms with Crippen LogP contribution in [-0.4, -0.2) is 23.2 Å². The van der Waals surface area contributed by atoms with E-state index >= 15 is 0 Å². The summed E-state index contributed by atoms with van der Waals surface area (Å²) in [6.07, 6.45) is 1.67. The van der Waals surface area contributed by atoms with Crippen LogP contribution in [0.25, 0.3) is 0 Å². The van der Waals surface area contributed by atoms with Gasteiger partial charge < -0.3 is 10.5 Å². The summed E-state index contributed by atoms with van der Waals surface area (Å²) < 4.78 is 6.03. The average molecular weight is 302 g/mol. The lowest BCUT2D eigenvalue weighted by molar-refractivity contribution is 0.117. The third-order valence-corrected chi connectivity index (χ3v) is 3.33. The number of hydrogen-bond donors (Lipinski definition) is 1. The first-order valence-corrected chi connectivity index (χ1v) is 6.56. The standard InChI is InChI=1S/C12H20BrN3O/c1-7(2)5-9-11(13)12(14)16-10(15-9)6-8(3)17-4/h7-8H,5-6H2,1-4H3,(H2,14,15,16). The largest absolute Gasteiger partial charge is 0.383 e. The van der Waals surface area contributed by atoms with Crippen LogP contribution in [0.1, 0.15) is 32.3 Å². The Labute approximate surface area is 111 Å². The molecule has 1 aromatic rings. The van der Waals surface area contributed by atoms with E-state index in [1.807, 2.05) is 6.92 Å². The highest BCUT2D eigenvalue weighted by Gasteiger charge is 2.13. The molecule has 1 aromatic heterocycles. The van der Waals surface area contributed by atoms with Gasteiger partial charge in [-0.2, -0.15) is 0 Å². The van der Waals surface area contributed by atoms with Gasteiger partial charge in [0.2, 0.25) is 0 Å². The molecule has 0 aliphatic rings. The Bertz CT molecular complexity index is 382. The van der Waals surface area contributed by atoms with Crippen molar-refractivity contribution in [3.05, 3.63) is 16.0 Å². The van der Waals surface area contributed by atoms with Gasteiger partial charge in [-0.1, -0.05) is 13.8 Å². The monoisotopic (exact) mass is 301 g/mol. The molecule has 1 unspecified atom stereocenters. The lowest BCUT2D eigenvalue weighted by Gasteiger charge is -2.13. The molecule has 4 nitrogen and oxygen atoms in total. The van der Waals surface area contributed by atoms with E-state index in [-0.39, 0.29) is 6.10 Å². The summed E-state index contributed by atoms with van der Waals surface area (Å²) in [6.45, 7) is 6.30. The van der Waals surface area contributed by atoms with E-state index < -0.39 is 0 Å². The second-order valence-electron chi connectivity index (χ2n) is 4.63. The Morgan fingerprint density at radius 3 is 2.41 bits per heavy atom. The molecule has 17 heavy (non-hydrogen) atoms. The summed E-state index contributed by atoms with van der Waals surface area (Å²) in [7, 11) is 1.68. The second kappa shape index (κ2) is 6.31. The van der Waals surface area contributed by atoms with Gasteiger partial charge in [-0.3, -0.25) is 0 Å². The number of aromatic nitrogens is 2. The van der Waals surface area contributed by atoms with Gasteiger partial charge in [0.1, 0.15) is 11.6 Å². The highest BCUT2D eigenvalue weighted by molar-refractivity contribution is 9.10. The van der Waals surface area contributed by atoms with Gasteiger partial charge in [-0.05, 0) is 35.2 Å². The van der Waals surface area contributed by atoms with Gasteiger partial charge in [0.05, 0.1) is 16.3 Å². The van der Waals surface area contributed by atoms with Crippen molar-refractivity contribution in [2.45, 2.75) is 39.7 Å². The number of methoxy groups -OCH3 is 1. The van der Waals surface area contributed by atoms with Crippen LogP contribution in [0.5, 0.6) is 0 Å². The molecule has 0 amide bonds. The number of nitrogens with two attached hydrogens (primary N) is 1. The van der Waals surface area contributed by atoms with Crippen molar-refractivity contribution in [2.24, 2.45) is 5.92 Å². The van der Waals surface area contributed by atoms with Crippen molar-refractivity contribution in [1.82, 2.24) is 9.97 Å². The first-order chi connectivity index (χ1) is 7.93. The highest BCUT2D eigenvalue weighted by Crippen LogP contribution is 2.23. The zero-order valence-electron chi connectivity index (χ0n) is 10.8. The summed E-state index contributed by atoms with van der Waals surface area (Å²) in [5.41, 5.74) is 6.85. The molecule has 2 N–H and O–H groups in total. The Hall–Kier alpha value is -0.680. The normalized spacial score (nSPS) is 13.1. The topological polar surface area (TPSA) is 61.0 Å². The van der Waals surface area contributed by atoms with Crippen molar-refractivity contribution in [3.8, 4) is 0 Å². The van der Waals surface area contributed by atoms with Crippen LogP contribution in [0.3, 0.4) is 0 Å². The fourth-order valence-corrected chi connectivity index (χ4v) is 1.86. The molecule has 0 bridgehead atoms. The molecule has 0 aliphatic heterocycles. The maximum atomic E-state index is 5.88. The van der Waals surface area contributed by atoms with Crippen LogP contribution >= 0.6 is 15.9 Å². The Kier molecular flexibility index (Phi) is 5.33. The zero-order chi connectivity index (χ0) is 13.0. The molecule has 0 saturated carbocycles. The van der Waals surface area contributed by atoms with E-state index in [9.17, 15) is 0 Å². The molecular formula is C12H20BrN3O. The Balaban J connectivity index is 2.97. The van der Waals surface area contributed by atoms with E-state index in [2.05, 4.69) is 39.7 Å². The number of nitrogen functional groups attached to an aromatic ring is 1. The van der Waals surface area contributed by atoms with Crippen LogP contribution in [0, 0.1) is 5.92 Å². The van der Waals surface area contributed by atoms with E-state index in [1.165, 1.54) is 0 Å². The van der Waals surface area contributed by atoms with Crippen molar-refractivity contribution in [1.29, 1.82) is 0 Å². The van der Waals surface area contributed by atoms with Gasteiger partial charge in [0, 0.05) is 13.5 Å². The van der Waals surface area contributed by atoms with Gasteiger partial charge in [0.25, 0.3) is 0 Å². The summed E-state index contributed by atoms with van der Waals surface area (Å²) in [4.78, 5) is 8.81. The number of halogens is 1. The van der Waals surface area contributed by atoms with Crippen LogP contribution in [-0.2, 0) is 17.6 Å². The molecule has 0 saturated heterocycles. The molecular weight excluding hydrogens is 282 g/mol. The number of hydrogen-bond acceptors (Lipinski definition) is 4. The van der Waals surface area contributed by atoms with Gasteiger partial charge in [-0.15, -0.1) is 0 Å². The summed E-state index contributed by atoms with van der Waals surface area (Å²) in [5.74, 6) is 1.79.